The first-order chi connectivity index (χ1) is 9.39. The number of hydrogen-bond donors (Lipinski definition) is 1. The van der Waals surface area contributed by atoms with Crippen LogP contribution in [0.5, 0.6) is 0 Å². The summed E-state index contributed by atoms with van der Waals surface area (Å²) in [6.07, 6.45) is 1.19. The summed E-state index contributed by atoms with van der Waals surface area (Å²) in [6.45, 7) is 14.2. The van der Waals surface area contributed by atoms with Crippen LogP contribution >= 0.6 is 0 Å². The van der Waals surface area contributed by atoms with E-state index in [0.717, 1.165) is 19.6 Å². The predicted octanol–water partition coefficient (Wildman–Crippen LogP) is 4.08. The number of nitrogens with zero attached hydrogens (tertiary/aromatic N) is 1. The van der Waals surface area contributed by atoms with Crippen LogP contribution in [0.3, 0.4) is 0 Å². The number of nitrogens with two attached hydrogens (primary N) is 1. The van der Waals surface area contributed by atoms with Gasteiger partial charge in [0.2, 0.25) is 0 Å². The lowest BCUT2D eigenvalue weighted by Gasteiger charge is -2.38. The van der Waals surface area contributed by atoms with Crippen LogP contribution in [0.15, 0.2) is 30.3 Å². The molecular weight excluding hydrogens is 244 g/mol. The van der Waals surface area contributed by atoms with E-state index in [-0.39, 0.29) is 5.41 Å². The highest BCUT2D eigenvalue weighted by molar-refractivity contribution is 5.19. The van der Waals surface area contributed by atoms with Gasteiger partial charge in [-0.25, -0.2) is 0 Å². The summed E-state index contributed by atoms with van der Waals surface area (Å²) in [5.74, 6) is 0.690. The summed E-state index contributed by atoms with van der Waals surface area (Å²) in [6, 6.07) is 11.4. The van der Waals surface area contributed by atoms with Crippen LogP contribution < -0.4 is 5.73 Å². The number of rotatable bonds is 8. The molecule has 1 rings (SSSR count). The Hall–Kier alpha value is -0.860. The molecule has 0 saturated carbocycles. The normalized spacial score (nSPS) is 14.0. The number of benzene rings is 1. The first-order valence-electron chi connectivity index (χ1n) is 7.88. The molecule has 20 heavy (non-hydrogen) atoms. The van der Waals surface area contributed by atoms with Gasteiger partial charge in [-0.1, -0.05) is 65.0 Å². The summed E-state index contributed by atoms with van der Waals surface area (Å²) in [7, 11) is 0. The molecule has 1 unspecified atom stereocenters. The Kier molecular flexibility index (Phi) is 6.70. The average Bonchev–Trinajstić information content (AvgIpc) is 2.43. The molecule has 0 spiro atoms. The molecule has 2 N–H and O–H groups in total. The highest BCUT2D eigenvalue weighted by Crippen LogP contribution is 2.30. The van der Waals surface area contributed by atoms with Gasteiger partial charge in [0.05, 0.1) is 0 Å². The standard InChI is InChI=1S/C18H32N2/c1-6-20(14-18(4,5)13-19)17(12-15(2)3)16-10-8-7-9-11-16/h7-11,15,17H,6,12-14,19H2,1-5H3. The van der Waals surface area contributed by atoms with E-state index in [1.54, 1.807) is 0 Å². The molecule has 114 valence electrons. The summed E-state index contributed by atoms with van der Waals surface area (Å²) in [5, 5.41) is 0. The topological polar surface area (TPSA) is 29.3 Å². The minimum absolute atomic E-state index is 0.167. The van der Waals surface area contributed by atoms with E-state index >= 15 is 0 Å². The third-order valence-electron chi connectivity index (χ3n) is 3.91. The molecule has 1 atom stereocenters. The van der Waals surface area contributed by atoms with Crippen LogP contribution in [0.4, 0.5) is 0 Å². The van der Waals surface area contributed by atoms with E-state index in [1.807, 2.05) is 0 Å². The Bertz CT molecular complexity index is 370. The molecule has 1 aromatic carbocycles. The summed E-state index contributed by atoms with van der Waals surface area (Å²) in [5.41, 5.74) is 7.52. The van der Waals surface area contributed by atoms with Crippen molar-refractivity contribution in [2.24, 2.45) is 17.1 Å². The molecule has 0 aromatic heterocycles. The zero-order valence-corrected chi connectivity index (χ0v) is 13.9. The van der Waals surface area contributed by atoms with Gasteiger partial charge in [0.15, 0.2) is 0 Å². The maximum Gasteiger partial charge on any atom is 0.0350 e. The smallest absolute Gasteiger partial charge is 0.0350 e. The number of hydrogen-bond acceptors (Lipinski definition) is 2. The van der Waals surface area contributed by atoms with Crippen molar-refractivity contribution in [1.82, 2.24) is 4.90 Å². The third-order valence-corrected chi connectivity index (χ3v) is 3.91. The van der Waals surface area contributed by atoms with Crippen LogP contribution in [0.1, 0.15) is 52.6 Å². The van der Waals surface area contributed by atoms with Crippen molar-refractivity contribution in [1.29, 1.82) is 0 Å². The Morgan fingerprint density at radius 1 is 1.15 bits per heavy atom. The fourth-order valence-electron chi connectivity index (χ4n) is 2.67. The molecule has 2 nitrogen and oxygen atoms in total. The van der Waals surface area contributed by atoms with Crippen molar-refractivity contribution in [2.75, 3.05) is 19.6 Å². The molecule has 0 aliphatic rings. The molecule has 0 aliphatic heterocycles. The monoisotopic (exact) mass is 276 g/mol. The second kappa shape index (κ2) is 7.80. The van der Waals surface area contributed by atoms with Gasteiger partial charge in [-0.05, 0) is 36.4 Å². The lowest BCUT2D eigenvalue weighted by atomic mass is 9.89. The van der Waals surface area contributed by atoms with Crippen molar-refractivity contribution in [3.8, 4) is 0 Å². The van der Waals surface area contributed by atoms with Gasteiger partial charge in [0, 0.05) is 12.6 Å². The van der Waals surface area contributed by atoms with Gasteiger partial charge in [-0.3, -0.25) is 4.90 Å². The van der Waals surface area contributed by atoms with Crippen molar-refractivity contribution < 1.29 is 0 Å². The molecule has 0 saturated heterocycles. The molecule has 0 amide bonds. The minimum Gasteiger partial charge on any atom is -0.330 e. The van der Waals surface area contributed by atoms with Gasteiger partial charge in [0.25, 0.3) is 0 Å². The maximum atomic E-state index is 5.92. The summed E-state index contributed by atoms with van der Waals surface area (Å²) < 4.78 is 0. The quantitative estimate of drug-likeness (QED) is 0.775. The minimum atomic E-state index is 0.167. The fraction of sp³-hybridized carbons (Fsp3) is 0.667. The predicted molar refractivity (Wildman–Crippen MR) is 88.7 cm³/mol. The Labute approximate surface area is 125 Å². The fourth-order valence-corrected chi connectivity index (χ4v) is 2.67. The van der Waals surface area contributed by atoms with Crippen LogP contribution in [0, 0.1) is 11.3 Å². The third kappa shape index (κ3) is 5.26. The van der Waals surface area contributed by atoms with E-state index < -0.39 is 0 Å². The van der Waals surface area contributed by atoms with Crippen molar-refractivity contribution in [2.45, 2.75) is 47.1 Å². The first kappa shape index (κ1) is 17.2. The molecule has 0 heterocycles. The largest absolute Gasteiger partial charge is 0.330 e. The lowest BCUT2D eigenvalue weighted by molar-refractivity contribution is 0.124. The van der Waals surface area contributed by atoms with Gasteiger partial charge >= 0.3 is 0 Å². The molecule has 0 bridgehead atoms. The average molecular weight is 276 g/mol. The van der Waals surface area contributed by atoms with E-state index in [4.69, 9.17) is 5.73 Å². The van der Waals surface area contributed by atoms with Crippen LogP contribution in [-0.2, 0) is 0 Å². The Balaban J connectivity index is 2.95. The summed E-state index contributed by atoms with van der Waals surface area (Å²) in [4.78, 5) is 2.59. The second-order valence-corrected chi connectivity index (χ2v) is 6.99. The van der Waals surface area contributed by atoms with Crippen LogP contribution in [-0.4, -0.2) is 24.5 Å². The van der Waals surface area contributed by atoms with E-state index in [0.29, 0.717) is 12.0 Å². The first-order valence-corrected chi connectivity index (χ1v) is 7.88. The highest BCUT2D eigenvalue weighted by atomic mass is 15.2. The van der Waals surface area contributed by atoms with E-state index in [2.05, 4.69) is 69.9 Å². The van der Waals surface area contributed by atoms with Crippen molar-refractivity contribution >= 4 is 0 Å². The molecule has 0 radical (unpaired) electrons. The van der Waals surface area contributed by atoms with E-state index in [9.17, 15) is 0 Å². The van der Waals surface area contributed by atoms with Gasteiger partial charge in [0.1, 0.15) is 0 Å². The lowest BCUT2D eigenvalue weighted by Crippen LogP contribution is -2.41. The van der Waals surface area contributed by atoms with Gasteiger partial charge in [-0.15, -0.1) is 0 Å². The highest BCUT2D eigenvalue weighted by Gasteiger charge is 2.26. The zero-order chi connectivity index (χ0) is 15.2. The Morgan fingerprint density at radius 2 is 1.75 bits per heavy atom. The maximum absolute atomic E-state index is 5.92. The Morgan fingerprint density at radius 3 is 2.20 bits per heavy atom. The SMILES string of the molecule is CCN(CC(C)(C)CN)C(CC(C)C)c1ccccc1. The van der Waals surface area contributed by atoms with Crippen molar-refractivity contribution in [3.05, 3.63) is 35.9 Å². The zero-order valence-electron chi connectivity index (χ0n) is 13.9. The van der Waals surface area contributed by atoms with Crippen LogP contribution in [0.2, 0.25) is 0 Å². The van der Waals surface area contributed by atoms with Crippen LogP contribution in [0.25, 0.3) is 0 Å². The summed E-state index contributed by atoms with van der Waals surface area (Å²) >= 11 is 0. The van der Waals surface area contributed by atoms with Gasteiger partial charge < -0.3 is 5.73 Å². The van der Waals surface area contributed by atoms with Crippen molar-refractivity contribution in [3.63, 3.8) is 0 Å². The molecule has 0 fully saturated rings. The second-order valence-electron chi connectivity index (χ2n) is 6.99. The molecular formula is C18H32N2. The van der Waals surface area contributed by atoms with E-state index in [1.165, 1.54) is 12.0 Å². The molecule has 0 aliphatic carbocycles. The molecule has 1 aromatic rings. The van der Waals surface area contributed by atoms with Gasteiger partial charge in [-0.2, -0.15) is 0 Å². The molecule has 2 heteroatoms.